The van der Waals surface area contributed by atoms with Gasteiger partial charge in [-0.25, -0.2) is 9.18 Å². The van der Waals surface area contributed by atoms with Gasteiger partial charge >= 0.3 is 6.03 Å². The summed E-state index contributed by atoms with van der Waals surface area (Å²) in [6.07, 6.45) is 0. The van der Waals surface area contributed by atoms with E-state index in [4.69, 9.17) is 18.0 Å². The summed E-state index contributed by atoms with van der Waals surface area (Å²) in [6, 6.07) is 4.37. The molecule has 0 fully saturated rings. The van der Waals surface area contributed by atoms with Gasteiger partial charge in [-0.05, 0) is 35.8 Å². The highest BCUT2D eigenvalue weighted by molar-refractivity contribution is 7.80. The molecule has 0 aliphatic carbocycles. The van der Waals surface area contributed by atoms with E-state index in [0.717, 1.165) is 5.56 Å². The third-order valence-corrected chi connectivity index (χ3v) is 3.16. The van der Waals surface area contributed by atoms with E-state index in [9.17, 15) is 14.0 Å². The largest absolute Gasteiger partial charge is 0.357 e. The van der Waals surface area contributed by atoms with E-state index in [-0.39, 0.29) is 16.8 Å². The van der Waals surface area contributed by atoms with Crippen molar-refractivity contribution < 1.29 is 14.0 Å². The Morgan fingerprint density at radius 2 is 1.83 bits per heavy atom. The first-order valence-corrected chi connectivity index (χ1v) is 7.34. The molecule has 0 heterocycles. The van der Waals surface area contributed by atoms with Gasteiger partial charge in [-0.3, -0.25) is 15.6 Å². The van der Waals surface area contributed by atoms with Gasteiger partial charge in [0.1, 0.15) is 11.9 Å². The van der Waals surface area contributed by atoms with Crippen molar-refractivity contribution in [3.05, 3.63) is 35.6 Å². The van der Waals surface area contributed by atoms with Gasteiger partial charge in [0.15, 0.2) is 5.11 Å². The zero-order chi connectivity index (χ0) is 17.4. The number of halogens is 1. The van der Waals surface area contributed by atoms with Gasteiger partial charge in [-0.15, -0.1) is 0 Å². The summed E-state index contributed by atoms with van der Waals surface area (Å²) in [5, 5.41) is 5.39. The average molecular weight is 341 g/mol. The highest BCUT2D eigenvalue weighted by Crippen LogP contribution is 2.02. The van der Waals surface area contributed by atoms with Crippen molar-refractivity contribution in [1.82, 2.24) is 21.5 Å². The van der Waals surface area contributed by atoms with Crippen LogP contribution in [0.25, 0.3) is 0 Å². The predicted molar refractivity (Wildman–Crippen MR) is 88.5 cm³/mol. The van der Waals surface area contributed by atoms with Gasteiger partial charge in [-0.2, -0.15) is 0 Å². The highest BCUT2D eigenvalue weighted by atomic mass is 32.1. The second kappa shape index (κ2) is 8.89. The third kappa shape index (κ3) is 6.92. The molecule has 1 atom stereocenters. The molecule has 126 valence electrons. The number of primary amides is 1. The Kier molecular flexibility index (Phi) is 7.20. The molecule has 0 aromatic heterocycles. The van der Waals surface area contributed by atoms with E-state index < -0.39 is 18.0 Å². The molecule has 0 bridgehead atoms. The Bertz CT molecular complexity index is 565. The van der Waals surface area contributed by atoms with Crippen molar-refractivity contribution in [2.45, 2.75) is 26.4 Å². The minimum absolute atomic E-state index is 0.148. The molecule has 0 aliphatic heterocycles. The van der Waals surface area contributed by atoms with Crippen molar-refractivity contribution in [1.29, 1.82) is 0 Å². The van der Waals surface area contributed by atoms with Gasteiger partial charge in [-0.1, -0.05) is 26.0 Å². The fourth-order valence-electron chi connectivity index (χ4n) is 1.71. The number of carbonyl (C=O) groups is 2. The molecule has 0 saturated heterocycles. The zero-order valence-electron chi connectivity index (χ0n) is 12.9. The minimum atomic E-state index is -0.782. The second-order valence-electron chi connectivity index (χ2n) is 5.15. The fraction of sp³-hybridized carbons (Fsp3) is 0.357. The summed E-state index contributed by atoms with van der Waals surface area (Å²) < 4.78 is 12.8. The first kappa shape index (κ1) is 18.6. The van der Waals surface area contributed by atoms with E-state index in [1.165, 1.54) is 12.1 Å². The van der Waals surface area contributed by atoms with Gasteiger partial charge in [0, 0.05) is 6.54 Å². The van der Waals surface area contributed by atoms with Crippen molar-refractivity contribution in [2.24, 2.45) is 11.7 Å². The lowest BCUT2D eigenvalue weighted by Crippen LogP contribution is -2.56. The minimum Gasteiger partial charge on any atom is -0.357 e. The van der Waals surface area contributed by atoms with Crippen LogP contribution in [0.4, 0.5) is 9.18 Å². The molecular weight excluding hydrogens is 321 g/mol. The summed E-state index contributed by atoms with van der Waals surface area (Å²) in [4.78, 5) is 22.8. The monoisotopic (exact) mass is 341 g/mol. The Labute approximate surface area is 139 Å². The van der Waals surface area contributed by atoms with Crippen LogP contribution in [-0.2, 0) is 11.3 Å². The zero-order valence-corrected chi connectivity index (χ0v) is 13.7. The first-order chi connectivity index (χ1) is 10.8. The highest BCUT2D eigenvalue weighted by Gasteiger charge is 2.23. The lowest BCUT2D eigenvalue weighted by Gasteiger charge is -2.21. The molecule has 0 aliphatic rings. The van der Waals surface area contributed by atoms with Gasteiger partial charge in [0.25, 0.3) is 5.91 Å². The maximum absolute atomic E-state index is 12.8. The number of nitrogens with two attached hydrogens (primary N) is 1. The Morgan fingerprint density at radius 1 is 1.22 bits per heavy atom. The topological polar surface area (TPSA) is 108 Å². The number of benzene rings is 1. The van der Waals surface area contributed by atoms with E-state index in [2.05, 4.69) is 21.5 Å². The molecule has 0 spiro atoms. The molecular formula is C14H20FN5O2S. The smallest absolute Gasteiger partial charge is 0.312 e. The van der Waals surface area contributed by atoms with Crippen molar-refractivity contribution in [3.63, 3.8) is 0 Å². The standard InChI is InChI=1S/C14H20FN5O2S/c1-8(2)11(18-13(16)22)12(21)19-20-14(23)17-7-9-3-5-10(15)6-4-9/h3-6,8,11H,7H2,1-2H3,(H,19,21)(H3,16,18,22)(H2,17,20,23)/t11-/m0/s1. The SMILES string of the molecule is CC(C)[C@H](NC(N)=O)C(=O)NNC(=S)NCc1ccc(F)cc1. The van der Waals surface area contributed by atoms with Crippen LogP contribution in [0, 0.1) is 11.7 Å². The van der Waals surface area contributed by atoms with Crippen LogP contribution in [0.15, 0.2) is 24.3 Å². The molecule has 1 aromatic carbocycles. The van der Waals surface area contributed by atoms with E-state index >= 15 is 0 Å². The van der Waals surface area contributed by atoms with Gasteiger partial charge < -0.3 is 16.4 Å². The van der Waals surface area contributed by atoms with Crippen molar-refractivity contribution >= 4 is 29.3 Å². The number of thiocarbonyl (C=S) groups is 1. The van der Waals surface area contributed by atoms with E-state index in [1.54, 1.807) is 26.0 Å². The summed E-state index contributed by atoms with van der Waals surface area (Å²) in [5.74, 6) is -0.932. The number of urea groups is 1. The molecule has 7 nitrogen and oxygen atoms in total. The van der Waals surface area contributed by atoms with Gasteiger partial charge in [0.05, 0.1) is 0 Å². The number of amides is 3. The molecule has 1 aromatic rings. The summed E-state index contributed by atoms with van der Waals surface area (Å²) in [5.41, 5.74) is 10.8. The number of hydrogen-bond donors (Lipinski definition) is 5. The van der Waals surface area contributed by atoms with Crippen molar-refractivity contribution in [2.75, 3.05) is 0 Å². The lowest BCUT2D eigenvalue weighted by atomic mass is 10.0. The average Bonchev–Trinajstić information content (AvgIpc) is 2.49. The van der Waals surface area contributed by atoms with Crippen LogP contribution >= 0.6 is 12.2 Å². The van der Waals surface area contributed by atoms with Crippen LogP contribution in [0.3, 0.4) is 0 Å². The predicted octanol–water partition coefficient (Wildman–Crippen LogP) is 0.514. The second-order valence-corrected chi connectivity index (χ2v) is 5.56. The summed E-state index contributed by atoms with van der Waals surface area (Å²) in [6.45, 7) is 3.91. The third-order valence-electron chi connectivity index (χ3n) is 2.91. The number of hydrazine groups is 1. The van der Waals surface area contributed by atoms with Crippen LogP contribution < -0.4 is 27.2 Å². The Morgan fingerprint density at radius 3 is 2.35 bits per heavy atom. The fourth-order valence-corrected chi connectivity index (χ4v) is 1.84. The van der Waals surface area contributed by atoms with Crippen LogP contribution in [0.5, 0.6) is 0 Å². The molecule has 0 unspecified atom stereocenters. The van der Waals surface area contributed by atoms with Crippen LogP contribution in [-0.4, -0.2) is 23.1 Å². The van der Waals surface area contributed by atoms with Gasteiger partial charge in [0.2, 0.25) is 0 Å². The van der Waals surface area contributed by atoms with Crippen LogP contribution in [0.1, 0.15) is 19.4 Å². The quantitative estimate of drug-likeness (QED) is 0.396. The molecule has 6 N–H and O–H groups in total. The normalized spacial score (nSPS) is 11.5. The molecule has 23 heavy (non-hydrogen) atoms. The number of rotatable bonds is 5. The molecule has 1 rings (SSSR count). The number of nitrogens with one attached hydrogen (secondary N) is 4. The number of carbonyl (C=O) groups excluding carboxylic acids is 2. The van der Waals surface area contributed by atoms with E-state index in [0.29, 0.717) is 6.54 Å². The lowest BCUT2D eigenvalue weighted by molar-refractivity contribution is -0.124. The molecule has 9 heteroatoms. The Balaban J connectivity index is 2.40. The molecule has 0 radical (unpaired) electrons. The molecule has 0 saturated carbocycles. The summed E-state index contributed by atoms with van der Waals surface area (Å²) >= 11 is 5.01. The summed E-state index contributed by atoms with van der Waals surface area (Å²) in [7, 11) is 0. The van der Waals surface area contributed by atoms with Crippen LogP contribution in [0.2, 0.25) is 0 Å². The maximum atomic E-state index is 12.8. The Hall–Kier alpha value is -2.42. The van der Waals surface area contributed by atoms with Crippen molar-refractivity contribution in [3.8, 4) is 0 Å². The number of hydrogen-bond acceptors (Lipinski definition) is 3. The first-order valence-electron chi connectivity index (χ1n) is 6.93. The maximum Gasteiger partial charge on any atom is 0.312 e. The van der Waals surface area contributed by atoms with E-state index in [1.807, 2.05) is 0 Å². The molecule has 3 amide bonds.